The van der Waals surface area contributed by atoms with E-state index in [2.05, 4.69) is 4.74 Å². The van der Waals surface area contributed by atoms with Crippen LogP contribution in [0, 0.1) is 0 Å². The van der Waals surface area contributed by atoms with Crippen molar-refractivity contribution in [3.63, 3.8) is 0 Å². The van der Waals surface area contributed by atoms with Gasteiger partial charge in [-0.3, -0.25) is 0 Å². The molecule has 1 fully saturated rings. The second-order valence-electron chi connectivity index (χ2n) is 2.40. The summed E-state index contributed by atoms with van der Waals surface area (Å²) in [5.74, 6) is -5.01. The predicted molar refractivity (Wildman–Crippen MR) is 29.3 cm³/mol. The zero-order valence-corrected chi connectivity index (χ0v) is 5.99. The van der Waals surface area contributed by atoms with Crippen molar-refractivity contribution in [2.24, 2.45) is 0 Å². The molecule has 0 bridgehead atoms. The molecular weight excluding hydrogens is 201 g/mol. The number of ether oxygens (including phenoxy) is 1. The predicted octanol–water partition coefficient (Wildman–Crippen LogP) is 1.29. The van der Waals surface area contributed by atoms with E-state index in [-0.39, 0.29) is 0 Å². The quantitative estimate of drug-likeness (QED) is 0.655. The molecule has 0 spiro atoms. The molecule has 1 aliphatic rings. The highest BCUT2D eigenvalue weighted by Crippen LogP contribution is 2.39. The Morgan fingerprint density at radius 2 is 1.85 bits per heavy atom. The molecule has 1 rings (SSSR count). The van der Waals surface area contributed by atoms with Crippen LogP contribution < -0.4 is 5.32 Å². The van der Waals surface area contributed by atoms with Crippen LogP contribution in [0.3, 0.4) is 0 Å². The number of halogens is 5. The van der Waals surface area contributed by atoms with Gasteiger partial charge in [0, 0.05) is 0 Å². The lowest BCUT2D eigenvalue weighted by Gasteiger charge is -2.23. The standard InChI is InChI=1S/C5H4F5NO2/c6-4(7,5(8,9)10)2-1-11-3(12)13-2/h2H,1H2,(H,11,12). The Bertz CT molecular complexity index is 225. The first-order valence-electron chi connectivity index (χ1n) is 3.14. The van der Waals surface area contributed by atoms with Crippen LogP contribution in [-0.4, -0.2) is 30.8 Å². The minimum atomic E-state index is -5.70. The van der Waals surface area contributed by atoms with Crippen molar-refractivity contribution in [1.29, 1.82) is 0 Å². The van der Waals surface area contributed by atoms with Crippen LogP contribution in [0.2, 0.25) is 0 Å². The number of alkyl carbamates (subject to hydrolysis) is 1. The molecule has 0 aliphatic carbocycles. The first-order valence-corrected chi connectivity index (χ1v) is 3.14. The van der Waals surface area contributed by atoms with Gasteiger partial charge in [-0.25, -0.2) is 4.79 Å². The number of hydrogen-bond donors (Lipinski definition) is 1. The summed E-state index contributed by atoms with van der Waals surface area (Å²) in [6.07, 6.45) is -9.45. The second-order valence-corrected chi connectivity index (χ2v) is 2.40. The maximum atomic E-state index is 12.4. The van der Waals surface area contributed by atoms with Crippen LogP contribution in [-0.2, 0) is 4.74 Å². The van der Waals surface area contributed by atoms with E-state index in [1.54, 1.807) is 5.32 Å². The molecule has 1 aliphatic heterocycles. The Labute approximate surface area is 68.8 Å². The van der Waals surface area contributed by atoms with Gasteiger partial charge in [-0.2, -0.15) is 22.0 Å². The molecule has 76 valence electrons. The van der Waals surface area contributed by atoms with Crippen LogP contribution in [0.1, 0.15) is 0 Å². The van der Waals surface area contributed by atoms with Gasteiger partial charge in [-0.15, -0.1) is 0 Å². The first kappa shape index (κ1) is 10.0. The molecule has 0 saturated carbocycles. The van der Waals surface area contributed by atoms with Crippen LogP contribution in [0.5, 0.6) is 0 Å². The molecule has 0 aromatic heterocycles. The Morgan fingerprint density at radius 1 is 1.31 bits per heavy atom. The fourth-order valence-electron chi connectivity index (χ4n) is 0.773. The number of hydrogen-bond acceptors (Lipinski definition) is 2. The molecule has 1 N–H and O–H groups in total. The number of cyclic esters (lactones) is 1. The fraction of sp³-hybridized carbons (Fsp3) is 0.800. The molecular formula is C5H4F5NO2. The lowest BCUT2D eigenvalue weighted by atomic mass is 10.2. The van der Waals surface area contributed by atoms with E-state index in [0.717, 1.165) is 0 Å². The van der Waals surface area contributed by atoms with Gasteiger partial charge < -0.3 is 10.1 Å². The summed E-state index contributed by atoms with van der Waals surface area (Å²) in [4.78, 5) is 10.2. The van der Waals surface area contributed by atoms with Gasteiger partial charge in [-0.05, 0) is 0 Å². The van der Waals surface area contributed by atoms with Gasteiger partial charge >= 0.3 is 18.2 Å². The molecule has 1 saturated heterocycles. The molecule has 8 heteroatoms. The van der Waals surface area contributed by atoms with Crippen LogP contribution in [0.15, 0.2) is 0 Å². The lowest BCUT2D eigenvalue weighted by molar-refractivity contribution is -0.307. The zero-order valence-electron chi connectivity index (χ0n) is 5.99. The number of rotatable bonds is 1. The Kier molecular flexibility index (Phi) is 2.08. The summed E-state index contributed by atoms with van der Waals surface area (Å²) in [6.45, 7) is -0.842. The van der Waals surface area contributed by atoms with E-state index >= 15 is 0 Å². The van der Waals surface area contributed by atoms with E-state index in [1.165, 1.54) is 0 Å². The van der Waals surface area contributed by atoms with E-state index < -0.39 is 30.8 Å². The lowest BCUT2D eigenvalue weighted by Crippen LogP contribution is -2.48. The maximum Gasteiger partial charge on any atom is 0.457 e. The molecule has 1 atom stereocenters. The average Bonchev–Trinajstić information content (AvgIpc) is 2.33. The fourth-order valence-corrected chi connectivity index (χ4v) is 0.773. The number of alkyl halides is 5. The average molecular weight is 205 g/mol. The first-order chi connectivity index (χ1) is 5.75. The molecule has 0 aromatic rings. The van der Waals surface area contributed by atoms with Crippen LogP contribution in [0.25, 0.3) is 0 Å². The summed E-state index contributed by atoms with van der Waals surface area (Å²) in [5, 5.41) is 1.71. The number of nitrogens with one attached hydrogen (secondary N) is 1. The minimum Gasteiger partial charge on any atom is -0.437 e. The van der Waals surface area contributed by atoms with Gasteiger partial charge in [0.1, 0.15) is 0 Å². The smallest absolute Gasteiger partial charge is 0.437 e. The van der Waals surface area contributed by atoms with Gasteiger partial charge in [0.25, 0.3) is 0 Å². The van der Waals surface area contributed by atoms with Crippen molar-refractivity contribution in [2.45, 2.75) is 18.2 Å². The number of carbonyl (C=O) groups is 1. The van der Waals surface area contributed by atoms with Gasteiger partial charge in [-0.1, -0.05) is 0 Å². The highest BCUT2D eigenvalue weighted by Gasteiger charge is 2.65. The van der Waals surface area contributed by atoms with E-state index in [1.807, 2.05) is 0 Å². The second kappa shape index (κ2) is 2.71. The molecule has 1 heterocycles. The Morgan fingerprint density at radius 3 is 2.15 bits per heavy atom. The topological polar surface area (TPSA) is 38.3 Å². The van der Waals surface area contributed by atoms with Crippen molar-refractivity contribution in [3.8, 4) is 0 Å². The van der Waals surface area contributed by atoms with Crippen molar-refractivity contribution < 1.29 is 31.5 Å². The van der Waals surface area contributed by atoms with E-state index in [4.69, 9.17) is 0 Å². The van der Waals surface area contributed by atoms with Crippen molar-refractivity contribution in [2.75, 3.05) is 6.54 Å². The third-order valence-electron chi connectivity index (χ3n) is 1.46. The Balaban J connectivity index is 2.76. The monoisotopic (exact) mass is 205 g/mol. The van der Waals surface area contributed by atoms with E-state index in [0.29, 0.717) is 0 Å². The molecule has 0 aromatic carbocycles. The Hall–Kier alpha value is -1.08. The minimum absolute atomic E-state index is 0.842. The van der Waals surface area contributed by atoms with Crippen LogP contribution in [0.4, 0.5) is 26.7 Å². The molecule has 1 unspecified atom stereocenters. The molecule has 0 radical (unpaired) electrons. The maximum absolute atomic E-state index is 12.4. The van der Waals surface area contributed by atoms with Crippen LogP contribution >= 0.6 is 0 Å². The molecule has 13 heavy (non-hydrogen) atoms. The third-order valence-corrected chi connectivity index (χ3v) is 1.46. The van der Waals surface area contributed by atoms with Gasteiger partial charge in [0.05, 0.1) is 6.54 Å². The van der Waals surface area contributed by atoms with Gasteiger partial charge in [0.15, 0.2) is 6.10 Å². The van der Waals surface area contributed by atoms with Gasteiger partial charge in [0.2, 0.25) is 0 Å². The van der Waals surface area contributed by atoms with Crippen molar-refractivity contribution in [3.05, 3.63) is 0 Å². The molecule has 3 nitrogen and oxygen atoms in total. The summed E-state index contributed by atoms with van der Waals surface area (Å²) in [5.41, 5.74) is 0. The number of amides is 1. The van der Waals surface area contributed by atoms with Crippen molar-refractivity contribution >= 4 is 6.09 Å². The summed E-state index contributed by atoms with van der Waals surface area (Å²) < 4.78 is 63.4. The summed E-state index contributed by atoms with van der Waals surface area (Å²) in [6, 6.07) is 0. The highest BCUT2D eigenvalue weighted by molar-refractivity contribution is 5.69. The SMILES string of the molecule is O=C1NCC(C(F)(F)C(F)(F)F)O1. The van der Waals surface area contributed by atoms with Crippen molar-refractivity contribution in [1.82, 2.24) is 5.32 Å². The third kappa shape index (κ3) is 1.65. The zero-order chi connectivity index (χ0) is 10.3. The summed E-state index contributed by atoms with van der Waals surface area (Å²) >= 11 is 0. The highest BCUT2D eigenvalue weighted by atomic mass is 19.4. The largest absolute Gasteiger partial charge is 0.457 e. The normalized spacial score (nSPS) is 24.1. The van der Waals surface area contributed by atoms with E-state index in [9.17, 15) is 26.7 Å². The molecule has 1 amide bonds. The number of carbonyl (C=O) groups excluding carboxylic acids is 1. The summed E-state index contributed by atoms with van der Waals surface area (Å²) in [7, 11) is 0.